The highest BCUT2D eigenvalue weighted by Gasteiger charge is 2.21. The first kappa shape index (κ1) is 16.2. The van der Waals surface area contributed by atoms with Crippen LogP contribution in [0.15, 0.2) is 36.4 Å². The monoisotopic (exact) mass is 323 g/mol. The molecular formula is C19H21N3O2. The first-order chi connectivity index (χ1) is 11.5. The summed E-state index contributed by atoms with van der Waals surface area (Å²) in [6.07, 6.45) is 2.05. The summed E-state index contributed by atoms with van der Waals surface area (Å²) in [5, 5.41) is 2.88. The van der Waals surface area contributed by atoms with Crippen molar-refractivity contribution in [2.45, 2.75) is 26.7 Å². The van der Waals surface area contributed by atoms with E-state index in [0.717, 1.165) is 42.7 Å². The van der Waals surface area contributed by atoms with Crippen molar-refractivity contribution in [3.63, 3.8) is 0 Å². The second-order valence-electron chi connectivity index (χ2n) is 6.18. The number of carbonyl (C=O) groups excluding carboxylic acids is 2. The number of aryl methyl sites for hydroxylation is 2. The highest BCUT2D eigenvalue weighted by molar-refractivity contribution is 6.04. The summed E-state index contributed by atoms with van der Waals surface area (Å²) >= 11 is 0. The number of hydrogen-bond donors (Lipinski definition) is 1. The molecule has 1 N–H and O–H groups in total. The van der Waals surface area contributed by atoms with E-state index in [1.807, 2.05) is 32.0 Å². The standard InChI is InChI=1S/C19H21N3O2/c1-13-8-9-14(2)17(12-13)21-18(23)15-6-5-7-16(20-15)19(24)22-10-3-4-11-22/h5-9,12H,3-4,10-11H2,1-2H3,(H,21,23). The Balaban J connectivity index is 1.79. The Morgan fingerprint density at radius 3 is 2.50 bits per heavy atom. The summed E-state index contributed by atoms with van der Waals surface area (Å²) in [5.41, 5.74) is 3.39. The van der Waals surface area contributed by atoms with Crippen LogP contribution in [0.5, 0.6) is 0 Å². The zero-order valence-electron chi connectivity index (χ0n) is 14.0. The minimum Gasteiger partial charge on any atom is -0.337 e. The number of hydrogen-bond acceptors (Lipinski definition) is 3. The van der Waals surface area contributed by atoms with Crippen molar-refractivity contribution in [2.24, 2.45) is 0 Å². The smallest absolute Gasteiger partial charge is 0.274 e. The van der Waals surface area contributed by atoms with Crippen molar-refractivity contribution in [2.75, 3.05) is 18.4 Å². The van der Waals surface area contributed by atoms with Crippen molar-refractivity contribution < 1.29 is 9.59 Å². The topological polar surface area (TPSA) is 62.3 Å². The van der Waals surface area contributed by atoms with E-state index in [0.29, 0.717) is 5.69 Å². The zero-order valence-corrected chi connectivity index (χ0v) is 14.0. The van der Waals surface area contributed by atoms with Crippen LogP contribution in [0, 0.1) is 13.8 Å². The molecular weight excluding hydrogens is 302 g/mol. The fourth-order valence-electron chi connectivity index (χ4n) is 2.82. The van der Waals surface area contributed by atoms with Crippen molar-refractivity contribution >= 4 is 17.5 Å². The van der Waals surface area contributed by atoms with Gasteiger partial charge < -0.3 is 10.2 Å². The molecule has 124 valence electrons. The predicted octanol–water partition coefficient (Wildman–Crippen LogP) is 3.19. The van der Waals surface area contributed by atoms with Crippen molar-refractivity contribution in [3.05, 3.63) is 58.9 Å². The molecule has 0 atom stereocenters. The predicted molar refractivity (Wildman–Crippen MR) is 93.2 cm³/mol. The van der Waals surface area contributed by atoms with Crippen LogP contribution in [-0.4, -0.2) is 34.8 Å². The molecule has 1 saturated heterocycles. The Bertz CT molecular complexity index is 780. The molecule has 24 heavy (non-hydrogen) atoms. The molecule has 0 aliphatic carbocycles. The third-order valence-corrected chi connectivity index (χ3v) is 4.24. The van der Waals surface area contributed by atoms with E-state index in [2.05, 4.69) is 10.3 Å². The summed E-state index contributed by atoms with van der Waals surface area (Å²) in [7, 11) is 0. The van der Waals surface area contributed by atoms with Crippen molar-refractivity contribution in [1.82, 2.24) is 9.88 Å². The van der Waals surface area contributed by atoms with E-state index >= 15 is 0 Å². The van der Waals surface area contributed by atoms with Crippen LogP contribution in [0.1, 0.15) is 44.9 Å². The molecule has 2 heterocycles. The fourth-order valence-corrected chi connectivity index (χ4v) is 2.82. The largest absolute Gasteiger partial charge is 0.337 e. The lowest BCUT2D eigenvalue weighted by atomic mass is 10.1. The normalized spacial score (nSPS) is 13.8. The van der Waals surface area contributed by atoms with Crippen LogP contribution >= 0.6 is 0 Å². The van der Waals surface area contributed by atoms with E-state index < -0.39 is 0 Å². The molecule has 0 bridgehead atoms. The van der Waals surface area contributed by atoms with E-state index in [1.54, 1.807) is 23.1 Å². The van der Waals surface area contributed by atoms with Crippen LogP contribution in [-0.2, 0) is 0 Å². The van der Waals surface area contributed by atoms with Crippen LogP contribution in [0.3, 0.4) is 0 Å². The summed E-state index contributed by atoms with van der Waals surface area (Å²) in [5.74, 6) is -0.409. The number of pyridine rings is 1. The molecule has 1 aromatic carbocycles. The molecule has 1 fully saturated rings. The van der Waals surface area contributed by atoms with Crippen LogP contribution in [0.4, 0.5) is 5.69 Å². The lowest BCUT2D eigenvalue weighted by Gasteiger charge is -2.15. The number of rotatable bonds is 3. The number of likely N-dealkylation sites (tertiary alicyclic amines) is 1. The van der Waals surface area contributed by atoms with Gasteiger partial charge in [0.1, 0.15) is 11.4 Å². The second-order valence-corrected chi connectivity index (χ2v) is 6.18. The third-order valence-electron chi connectivity index (χ3n) is 4.24. The van der Waals surface area contributed by atoms with E-state index in [-0.39, 0.29) is 17.5 Å². The van der Waals surface area contributed by atoms with Gasteiger partial charge in [-0.2, -0.15) is 0 Å². The number of nitrogens with zero attached hydrogens (tertiary/aromatic N) is 2. The maximum atomic E-state index is 12.5. The van der Waals surface area contributed by atoms with Gasteiger partial charge in [-0.05, 0) is 56.0 Å². The molecule has 1 aliphatic heterocycles. The van der Waals surface area contributed by atoms with Gasteiger partial charge in [0.25, 0.3) is 11.8 Å². The Hall–Kier alpha value is -2.69. The molecule has 0 saturated carbocycles. The Morgan fingerprint density at radius 1 is 1.04 bits per heavy atom. The maximum absolute atomic E-state index is 12.5. The van der Waals surface area contributed by atoms with Gasteiger partial charge in [-0.15, -0.1) is 0 Å². The molecule has 2 aromatic rings. The summed E-state index contributed by atoms with van der Waals surface area (Å²) in [4.78, 5) is 30.9. The third kappa shape index (κ3) is 3.45. The number of benzene rings is 1. The second kappa shape index (κ2) is 6.83. The summed E-state index contributed by atoms with van der Waals surface area (Å²) in [6.45, 7) is 5.44. The van der Waals surface area contributed by atoms with Gasteiger partial charge in [-0.1, -0.05) is 18.2 Å². The van der Waals surface area contributed by atoms with Crippen LogP contribution < -0.4 is 5.32 Å². The van der Waals surface area contributed by atoms with Crippen LogP contribution in [0.25, 0.3) is 0 Å². The van der Waals surface area contributed by atoms with Gasteiger partial charge in [0.05, 0.1) is 0 Å². The SMILES string of the molecule is Cc1ccc(C)c(NC(=O)c2cccc(C(=O)N3CCCC3)n2)c1. The molecule has 5 nitrogen and oxygen atoms in total. The average molecular weight is 323 g/mol. The van der Waals surface area contributed by atoms with Gasteiger partial charge >= 0.3 is 0 Å². The fraction of sp³-hybridized carbons (Fsp3) is 0.316. The van der Waals surface area contributed by atoms with Gasteiger partial charge in [-0.3, -0.25) is 9.59 Å². The Kier molecular flexibility index (Phi) is 4.60. The first-order valence-electron chi connectivity index (χ1n) is 8.19. The molecule has 1 aliphatic rings. The molecule has 0 unspecified atom stereocenters. The molecule has 0 spiro atoms. The lowest BCUT2D eigenvalue weighted by molar-refractivity contribution is 0.0787. The average Bonchev–Trinajstić information content (AvgIpc) is 3.12. The minimum atomic E-state index is -0.306. The number of anilines is 1. The number of carbonyl (C=O) groups is 2. The van der Waals surface area contributed by atoms with Crippen molar-refractivity contribution in [3.8, 4) is 0 Å². The van der Waals surface area contributed by atoms with Gasteiger partial charge in [0.2, 0.25) is 0 Å². The first-order valence-corrected chi connectivity index (χ1v) is 8.19. The summed E-state index contributed by atoms with van der Waals surface area (Å²) in [6, 6.07) is 10.9. The highest BCUT2D eigenvalue weighted by atomic mass is 16.2. The van der Waals surface area contributed by atoms with E-state index in [9.17, 15) is 9.59 Å². The number of nitrogens with one attached hydrogen (secondary N) is 1. The quantitative estimate of drug-likeness (QED) is 0.943. The van der Waals surface area contributed by atoms with E-state index in [1.165, 1.54) is 0 Å². The summed E-state index contributed by atoms with van der Waals surface area (Å²) < 4.78 is 0. The molecule has 0 radical (unpaired) electrons. The maximum Gasteiger partial charge on any atom is 0.274 e. The van der Waals surface area contributed by atoms with Crippen molar-refractivity contribution in [1.29, 1.82) is 0 Å². The molecule has 2 amide bonds. The number of aromatic nitrogens is 1. The minimum absolute atomic E-state index is 0.103. The molecule has 1 aromatic heterocycles. The van der Waals surface area contributed by atoms with Gasteiger partial charge in [0, 0.05) is 18.8 Å². The van der Waals surface area contributed by atoms with E-state index in [4.69, 9.17) is 0 Å². The zero-order chi connectivity index (χ0) is 17.1. The molecule has 3 rings (SSSR count). The van der Waals surface area contributed by atoms with Gasteiger partial charge in [0.15, 0.2) is 0 Å². The van der Waals surface area contributed by atoms with Gasteiger partial charge in [-0.25, -0.2) is 4.98 Å². The van der Waals surface area contributed by atoms with Crippen LogP contribution in [0.2, 0.25) is 0 Å². The molecule has 5 heteroatoms. The lowest BCUT2D eigenvalue weighted by Crippen LogP contribution is -2.29. The Labute approximate surface area is 141 Å². The highest BCUT2D eigenvalue weighted by Crippen LogP contribution is 2.17. The Morgan fingerprint density at radius 2 is 1.75 bits per heavy atom. The number of amides is 2.